The van der Waals surface area contributed by atoms with Crippen molar-refractivity contribution in [2.45, 2.75) is 39.3 Å². The molecule has 1 saturated heterocycles. The van der Waals surface area contributed by atoms with Gasteiger partial charge in [-0.15, -0.1) is 0 Å². The number of rotatable bonds is 5. The molecule has 0 radical (unpaired) electrons. The number of aliphatic imine (C=N–C) groups is 1. The summed E-state index contributed by atoms with van der Waals surface area (Å²) in [5.74, 6) is 0.194. The summed E-state index contributed by atoms with van der Waals surface area (Å²) in [6.45, 7) is 9.30. The van der Waals surface area contributed by atoms with Gasteiger partial charge in [0.15, 0.2) is 5.96 Å². The zero-order valence-electron chi connectivity index (χ0n) is 14.9. The summed E-state index contributed by atoms with van der Waals surface area (Å²) in [7, 11) is 1.73. The van der Waals surface area contributed by atoms with Crippen molar-refractivity contribution in [2.24, 2.45) is 10.9 Å². The lowest BCUT2D eigenvalue weighted by Crippen LogP contribution is -2.47. The third-order valence-corrected chi connectivity index (χ3v) is 4.55. The number of likely N-dealkylation sites (tertiary alicyclic amines) is 1. The summed E-state index contributed by atoms with van der Waals surface area (Å²) in [6.07, 6.45) is 0.535. The molecule has 2 unspecified atom stereocenters. The molecule has 2 rings (SSSR count). The van der Waals surface area contributed by atoms with Gasteiger partial charge < -0.3 is 10.6 Å². The molecule has 6 heteroatoms. The Kier molecular flexibility index (Phi) is 6.54. The largest absolute Gasteiger partial charge is 0.356 e. The number of nitrogens with zero attached hydrogens (tertiary/aromatic N) is 2. The Morgan fingerprint density at radius 2 is 1.92 bits per heavy atom. The molecule has 1 heterocycles. The van der Waals surface area contributed by atoms with E-state index in [1.165, 1.54) is 12.1 Å². The van der Waals surface area contributed by atoms with Crippen LogP contribution in [-0.4, -0.2) is 49.6 Å². The number of hydrogen-bond donors (Lipinski definition) is 2. The minimum atomic E-state index is -0.541. The summed E-state index contributed by atoms with van der Waals surface area (Å²) in [4.78, 5) is 6.70. The highest BCUT2D eigenvalue weighted by molar-refractivity contribution is 5.80. The lowest BCUT2D eigenvalue weighted by Gasteiger charge is -2.22. The molecule has 1 aromatic carbocycles. The standard InChI is InChI=1S/C18H28F2N4/c1-12(2)24-10-13(3)17(11-24)23-18(21-4)22-6-5-14-7-15(19)9-16(20)8-14/h7-9,12-13,17H,5-6,10-11H2,1-4H3,(H2,21,22,23). The van der Waals surface area contributed by atoms with E-state index >= 15 is 0 Å². The van der Waals surface area contributed by atoms with Gasteiger partial charge in [0.2, 0.25) is 0 Å². The Hall–Kier alpha value is -1.69. The van der Waals surface area contributed by atoms with Crippen LogP contribution >= 0.6 is 0 Å². The Labute approximate surface area is 143 Å². The first-order valence-electron chi connectivity index (χ1n) is 8.55. The van der Waals surface area contributed by atoms with Crippen molar-refractivity contribution >= 4 is 5.96 Å². The van der Waals surface area contributed by atoms with E-state index in [0.717, 1.165) is 25.1 Å². The minimum Gasteiger partial charge on any atom is -0.356 e. The Morgan fingerprint density at radius 3 is 2.46 bits per heavy atom. The second kappa shape index (κ2) is 8.42. The number of nitrogens with one attached hydrogen (secondary N) is 2. The summed E-state index contributed by atoms with van der Waals surface area (Å²) in [6, 6.07) is 4.50. The molecule has 0 spiro atoms. The lowest BCUT2D eigenvalue weighted by atomic mass is 10.1. The van der Waals surface area contributed by atoms with E-state index in [-0.39, 0.29) is 0 Å². The van der Waals surface area contributed by atoms with Crippen molar-refractivity contribution in [3.63, 3.8) is 0 Å². The fourth-order valence-electron chi connectivity index (χ4n) is 3.06. The van der Waals surface area contributed by atoms with E-state index in [4.69, 9.17) is 0 Å². The topological polar surface area (TPSA) is 39.7 Å². The normalized spacial score (nSPS) is 22.2. The highest BCUT2D eigenvalue weighted by Gasteiger charge is 2.31. The van der Waals surface area contributed by atoms with Crippen LogP contribution in [0.3, 0.4) is 0 Å². The van der Waals surface area contributed by atoms with Crippen molar-refractivity contribution in [1.29, 1.82) is 0 Å². The van der Waals surface area contributed by atoms with Crippen LogP contribution in [0.2, 0.25) is 0 Å². The lowest BCUT2D eigenvalue weighted by molar-refractivity contribution is 0.265. The molecule has 1 aromatic rings. The van der Waals surface area contributed by atoms with Crippen LogP contribution < -0.4 is 10.6 Å². The van der Waals surface area contributed by atoms with Gasteiger partial charge in [0.05, 0.1) is 0 Å². The maximum atomic E-state index is 13.2. The molecule has 24 heavy (non-hydrogen) atoms. The molecule has 2 N–H and O–H groups in total. The summed E-state index contributed by atoms with van der Waals surface area (Å²) in [5, 5.41) is 6.68. The van der Waals surface area contributed by atoms with Crippen molar-refractivity contribution in [2.75, 3.05) is 26.7 Å². The van der Waals surface area contributed by atoms with Crippen molar-refractivity contribution in [3.8, 4) is 0 Å². The maximum Gasteiger partial charge on any atom is 0.191 e. The zero-order valence-corrected chi connectivity index (χ0v) is 14.9. The molecule has 0 aliphatic carbocycles. The summed E-state index contributed by atoms with van der Waals surface area (Å²) in [5.41, 5.74) is 0.635. The minimum absolute atomic E-state index is 0.352. The van der Waals surface area contributed by atoms with E-state index in [2.05, 4.69) is 41.3 Å². The molecule has 0 amide bonds. The first-order chi connectivity index (χ1) is 11.4. The zero-order chi connectivity index (χ0) is 17.7. The van der Waals surface area contributed by atoms with Gasteiger partial charge in [0, 0.05) is 44.8 Å². The van der Waals surface area contributed by atoms with E-state index in [1.807, 2.05) is 0 Å². The van der Waals surface area contributed by atoms with Crippen molar-refractivity contribution in [1.82, 2.24) is 15.5 Å². The van der Waals surface area contributed by atoms with Gasteiger partial charge in [0.1, 0.15) is 11.6 Å². The molecule has 0 saturated carbocycles. The van der Waals surface area contributed by atoms with Gasteiger partial charge in [-0.25, -0.2) is 8.78 Å². The van der Waals surface area contributed by atoms with Gasteiger partial charge >= 0.3 is 0 Å². The van der Waals surface area contributed by atoms with Crippen LogP contribution in [0.25, 0.3) is 0 Å². The predicted octanol–water partition coefficient (Wildman–Crippen LogP) is 2.40. The summed E-state index contributed by atoms with van der Waals surface area (Å²) < 4.78 is 26.4. The molecule has 1 aliphatic heterocycles. The molecule has 0 bridgehead atoms. The molecule has 1 aliphatic rings. The number of hydrogen-bond acceptors (Lipinski definition) is 2. The van der Waals surface area contributed by atoms with Crippen LogP contribution in [-0.2, 0) is 6.42 Å². The third-order valence-electron chi connectivity index (χ3n) is 4.55. The highest BCUT2D eigenvalue weighted by Crippen LogP contribution is 2.18. The van der Waals surface area contributed by atoms with Crippen LogP contribution in [0, 0.1) is 17.6 Å². The summed E-state index contributed by atoms with van der Waals surface area (Å²) >= 11 is 0. The van der Waals surface area contributed by atoms with Gasteiger partial charge in [-0.1, -0.05) is 6.92 Å². The Balaban J connectivity index is 1.82. The first kappa shape index (κ1) is 18.6. The van der Waals surface area contributed by atoms with Crippen LogP contribution in [0.15, 0.2) is 23.2 Å². The smallest absolute Gasteiger partial charge is 0.191 e. The van der Waals surface area contributed by atoms with Crippen LogP contribution in [0.5, 0.6) is 0 Å². The van der Waals surface area contributed by atoms with E-state index < -0.39 is 11.6 Å². The Bertz CT molecular complexity index is 554. The van der Waals surface area contributed by atoms with Gasteiger partial charge in [-0.2, -0.15) is 0 Å². The number of guanidine groups is 1. The molecular formula is C18H28F2N4. The molecule has 0 aromatic heterocycles. The second-order valence-corrected chi connectivity index (χ2v) is 6.80. The fraction of sp³-hybridized carbons (Fsp3) is 0.611. The first-order valence-corrected chi connectivity index (χ1v) is 8.55. The van der Waals surface area contributed by atoms with Crippen LogP contribution in [0.4, 0.5) is 8.78 Å². The molecule has 2 atom stereocenters. The average molecular weight is 338 g/mol. The maximum absolute atomic E-state index is 13.2. The third kappa shape index (κ3) is 5.16. The molecule has 134 valence electrons. The van der Waals surface area contributed by atoms with Crippen LogP contribution in [0.1, 0.15) is 26.3 Å². The monoisotopic (exact) mass is 338 g/mol. The predicted molar refractivity (Wildman–Crippen MR) is 94.2 cm³/mol. The SMILES string of the molecule is CN=C(NCCc1cc(F)cc(F)c1)NC1CN(C(C)C)CC1C. The van der Waals surface area contributed by atoms with Crippen molar-refractivity contribution < 1.29 is 8.78 Å². The molecule has 1 fully saturated rings. The van der Waals surface area contributed by atoms with E-state index in [1.54, 1.807) is 7.05 Å². The number of halogens is 2. The van der Waals surface area contributed by atoms with Gasteiger partial charge in [-0.05, 0) is 43.9 Å². The number of benzene rings is 1. The Morgan fingerprint density at radius 1 is 1.25 bits per heavy atom. The van der Waals surface area contributed by atoms with Gasteiger partial charge in [0.25, 0.3) is 0 Å². The molecular weight excluding hydrogens is 310 g/mol. The van der Waals surface area contributed by atoms with Gasteiger partial charge in [-0.3, -0.25) is 9.89 Å². The van der Waals surface area contributed by atoms with Crippen molar-refractivity contribution in [3.05, 3.63) is 35.4 Å². The fourth-order valence-corrected chi connectivity index (χ4v) is 3.06. The quantitative estimate of drug-likeness (QED) is 0.640. The average Bonchev–Trinajstić information content (AvgIpc) is 2.86. The molecule has 4 nitrogen and oxygen atoms in total. The van der Waals surface area contributed by atoms with E-state index in [9.17, 15) is 8.78 Å². The second-order valence-electron chi connectivity index (χ2n) is 6.80. The highest BCUT2D eigenvalue weighted by atomic mass is 19.1. The van der Waals surface area contributed by atoms with E-state index in [0.29, 0.717) is 36.5 Å².